The Morgan fingerprint density at radius 2 is 1.15 bits per heavy atom. The SMILES string of the molecule is C=CC(=O)OCCCCCCOc1ccc(OC(=O)c2ccc(-c3ccc(OCCCCOC(=O)C(C)(C)CC(=O)OC4CCCCC4)cc3)cc2)cc1. The zero-order chi connectivity index (χ0) is 38.6. The standard InChI is InChI=1S/C44H54O10/c1-4-40(45)51-30-11-6-5-10-28-49-37-24-26-39(27-25-37)54-42(47)35-18-16-33(17-19-35)34-20-22-36(23-21-34)50-29-12-13-31-52-43(48)44(2,3)32-41(46)53-38-14-8-7-9-15-38/h4,16-27,38H,1,5-15,28-32H2,2-3H3. The van der Waals surface area contributed by atoms with Crippen LogP contribution in [0.15, 0.2) is 85.5 Å². The van der Waals surface area contributed by atoms with Gasteiger partial charge in [-0.25, -0.2) is 9.59 Å². The first-order chi connectivity index (χ1) is 26.1. The van der Waals surface area contributed by atoms with Crippen molar-refractivity contribution in [1.82, 2.24) is 0 Å². The quantitative estimate of drug-likeness (QED) is 0.0324. The molecule has 1 fully saturated rings. The molecule has 4 rings (SSSR count). The molecule has 0 atom stereocenters. The summed E-state index contributed by atoms with van der Waals surface area (Å²) in [7, 11) is 0. The van der Waals surface area contributed by atoms with Gasteiger partial charge < -0.3 is 28.4 Å². The van der Waals surface area contributed by atoms with Crippen LogP contribution in [-0.4, -0.2) is 56.4 Å². The molecule has 3 aromatic rings. The van der Waals surface area contributed by atoms with Crippen molar-refractivity contribution < 1.29 is 47.6 Å². The van der Waals surface area contributed by atoms with Crippen LogP contribution in [0.5, 0.6) is 17.2 Å². The summed E-state index contributed by atoms with van der Waals surface area (Å²) >= 11 is 0. The van der Waals surface area contributed by atoms with Crippen molar-refractivity contribution in [2.75, 3.05) is 26.4 Å². The van der Waals surface area contributed by atoms with Crippen molar-refractivity contribution in [3.8, 4) is 28.4 Å². The number of hydrogen-bond acceptors (Lipinski definition) is 10. The predicted molar refractivity (Wildman–Crippen MR) is 205 cm³/mol. The summed E-state index contributed by atoms with van der Waals surface area (Å²) in [6, 6.07) is 21.9. The lowest BCUT2D eigenvalue weighted by molar-refractivity contribution is -0.163. The lowest BCUT2D eigenvalue weighted by Crippen LogP contribution is -2.32. The van der Waals surface area contributed by atoms with Crippen LogP contribution in [0.2, 0.25) is 0 Å². The van der Waals surface area contributed by atoms with E-state index in [1.807, 2.05) is 36.4 Å². The van der Waals surface area contributed by atoms with Crippen LogP contribution in [-0.2, 0) is 28.6 Å². The lowest BCUT2D eigenvalue weighted by Gasteiger charge is -2.25. The van der Waals surface area contributed by atoms with Crippen molar-refractivity contribution in [2.45, 2.75) is 97.0 Å². The fraction of sp³-hybridized carbons (Fsp3) is 0.455. The van der Waals surface area contributed by atoms with E-state index in [0.717, 1.165) is 74.3 Å². The van der Waals surface area contributed by atoms with Gasteiger partial charge in [0.15, 0.2) is 0 Å². The number of ether oxygens (including phenoxy) is 6. The van der Waals surface area contributed by atoms with Crippen LogP contribution < -0.4 is 14.2 Å². The minimum absolute atomic E-state index is 0.00833. The van der Waals surface area contributed by atoms with Crippen LogP contribution in [0, 0.1) is 5.41 Å². The molecule has 0 spiro atoms. The van der Waals surface area contributed by atoms with Gasteiger partial charge in [-0.1, -0.05) is 37.3 Å². The Balaban J connectivity index is 1.09. The highest BCUT2D eigenvalue weighted by atomic mass is 16.6. The molecule has 1 aliphatic carbocycles. The van der Waals surface area contributed by atoms with Crippen molar-refractivity contribution in [2.24, 2.45) is 5.41 Å². The molecular formula is C44H54O10. The molecule has 0 amide bonds. The van der Waals surface area contributed by atoms with Gasteiger partial charge in [0, 0.05) is 6.08 Å². The summed E-state index contributed by atoms with van der Waals surface area (Å²) in [6.45, 7) is 8.50. The molecule has 0 N–H and O–H groups in total. The summed E-state index contributed by atoms with van der Waals surface area (Å²) in [6.07, 6.45) is 11.2. The zero-order valence-corrected chi connectivity index (χ0v) is 31.7. The molecule has 1 aliphatic rings. The third-order valence-electron chi connectivity index (χ3n) is 9.09. The minimum Gasteiger partial charge on any atom is -0.494 e. The van der Waals surface area contributed by atoms with E-state index in [9.17, 15) is 19.2 Å². The number of benzene rings is 3. The first-order valence-electron chi connectivity index (χ1n) is 19.1. The van der Waals surface area contributed by atoms with Crippen molar-refractivity contribution in [3.63, 3.8) is 0 Å². The monoisotopic (exact) mass is 742 g/mol. The van der Waals surface area contributed by atoms with E-state index in [1.54, 1.807) is 50.2 Å². The lowest BCUT2D eigenvalue weighted by atomic mass is 9.89. The summed E-state index contributed by atoms with van der Waals surface area (Å²) < 4.78 is 33.2. The molecule has 290 valence electrons. The molecule has 0 bridgehead atoms. The molecular weight excluding hydrogens is 688 g/mol. The first kappa shape index (κ1) is 41.6. The maximum atomic E-state index is 12.8. The van der Waals surface area contributed by atoms with Gasteiger partial charge in [-0.2, -0.15) is 0 Å². The first-order valence-corrected chi connectivity index (χ1v) is 19.1. The molecule has 0 saturated heterocycles. The van der Waals surface area contributed by atoms with E-state index in [-0.39, 0.29) is 25.1 Å². The molecule has 0 unspecified atom stereocenters. The number of carbonyl (C=O) groups excluding carboxylic acids is 4. The molecule has 10 heteroatoms. The summed E-state index contributed by atoms with van der Waals surface area (Å²) in [5.41, 5.74) is 1.42. The van der Waals surface area contributed by atoms with Gasteiger partial charge in [-0.05, 0) is 138 Å². The Morgan fingerprint density at radius 1 is 0.648 bits per heavy atom. The number of hydrogen-bond donors (Lipinski definition) is 0. The van der Waals surface area contributed by atoms with Gasteiger partial charge in [0.25, 0.3) is 0 Å². The number of unbranched alkanes of at least 4 members (excludes halogenated alkanes) is 4. The van der Waals surface area contributed by atoms with Gasteiger partial charge in [0.2, 0.25) is 0 Å². The van der Waals surface area contributed by atoms with Crippen LogP contribution in [0.3, 0.4) is 0 Å². The van der Waals surface area contributed by atoms with E-state index in [1.165, 1.54) is 6.42 Å². The summed E-state index contributed by atoms with van der Waals surface area (Å²) in [5.74, 6) is 0.261. The van der Waals surface area contributed by atoms with E-state index >= 15 is 0 Å². The topological polar surface area (TPSA) is 124 Å². The van der Waals surface area contributed by atoms with Crippen LogP contribution in [0.25, 0.3) is 11.1 Å². The van der Waals surface area contributed by atoms with Gasteiger partial charge >= 0.3 is 23.9 Å². The summed E-state index contributed by atoms with van der Waals surface area (Å²) in [4.78, 5) is 48.8. The van der Waals surface area contributed by atoms with Crippen LogP contribution >= 0.6 is 0 Å². The van der Waals surface area contributed by atoms with Crippen LogP contribution in [0.4, 0.5) is 0 Å². The van der Waals surface area contributed by atoms with Crippen LogP contribution in [0.1, 0.15) is 101 Å². The van der Waals surface area contributed by atoms with Gasteiger partial charge in [0.05, 0.1) is 43.8 Å². The fourth-order valence-electron chi connectivity index (χ4n) is 5.89. The smallest absolute Gasteiger partial charge is 0.343 e. The second-order valence-corrected chi connectivity index (χ2v) is 14.1. The van der Waals surface area contributed by atoms with Gasteiger partial charge in [-0.15, -0.1) is 0 Å². The zero-order valence-electron chi connectivity index (χ0n) is 31.7. The number of carbonyl (C=O) groups is 4. The van der Waals surface area contributed by atoms with E-state index in [2.05, 4.69) is 6.58 Å². The van der Waals surface area contributed by atoms with Gasteiger partial charge in [0.1, 0.15) is 23.4 Å². The maximum absolute atomic E-state index is 12.8. The molecule has 0 aromatic heterocycles. The second kappa shape index (κ2) is 22.2. The Hall–Kier alpha value is -5.12. The molecule has 0 aliphatic heterocycles. The maximum Gasteiger partial charge on any atom is 0.343 e. The molecule has 10 nitrogen and oxygen atoms in total. The molecule has 54 heavy (non-hydrogen) atoms. The molecule has 0 radical (unpaired) electrons. The number of esters is 4. The fourth-order valence-corrected chi connectivity index (χ4v) is 5.89. The Labute approximate surface area is 319 Å². The Bertz CT molecular complexity index is 1620. The molecule has 1 saturated carbocycles. The highest BCUT2D eigenvalue weighted by Gasteiger charge is 2.34. The minimum atomic E-state index is -0.937. The molecule has 3 aromatic carbocycles. The largest absolute Gasteiger partial charge is 0.494 e. The highest BCUT2D eigenvalue weighted by molar-refractivity contribution is 5.91. The predicted octanol–water partition coefficient (Wildman–Crippen LogP) is 9.24. The highest BCUT2D eigenvalue weighted by Crippen LogP contribution is 2.27. The normalized spacial score (nSPS) is 13.0. The Morgan fingerprint density at radius 3 is 1.76 bits per heavy atom. The van der Waals surface area contributed by atoms with E-state index in [0.29, 0.717) is 49.7 Å². The van der Waals surface area contributed by atoms with E-state index in [4.69, 9.17) is 28.4 Å². The van der Waals surface area contributed by atoms with Crippen molar-refractivity contribution in [1.29, 1.82) is 0 Å². The third kappa shape index (κ3) is 14.7. The van der Waals surface area contributed by atoms with Gasteiger partial charge in [-0.3, -0.25) is 9.59 Å². The average molecular weight is 743 g/mol. The average Bonchev–Trinajstić information content (AvgIpc) is 3.18. The molecule has 0 heterocycles. The number of rotatable bonds is 22. The Kier molecular flexibility index (Phi) is 17.1. The van der Waals surface area contributed by atoms with Crippen molar-refractivity contribution >= 4 is 23.9 Å². The summed E-state index contributed by atoms with van der Waals surface area (Å²) in [5, 5.41) is 0. The second-order valence-electron chi connectivity index (χ2n) is 14.1. The van der Waals surface area contributed by atoms with E-state index < -0.39 is 23.3 Å². The van der Waals surface area contributed by atoms with Crippen molar-refractivity contribution in [3.05, 3.63) is 91.0 Å². The third-order valence-corrected chi connectivity index (χ3v) is 9.09.